The molecule has 151 valence electrons. The number of unbranched alkanes of at least 4 members (excludes halogenated alkanes) is 1. The Kier molecular flexibility index (Phi) is 6.46. The maximum atomic E-state index is 13.7. The molecule has 3 aromatic carbocycles. The summed E-state index contributed by atoms with van der Waals surface area (Å²) < 4.78 is 41.0. The molecule has 0 amide bonds. The molecule has 0 spiro atoms. The van der Waals surface area contributed by atoms with E-state index in [1.165, 1.54) is 11.6 Å². The highest BCUT2D eigenvalue weighted by Gasteiger charge is 2.34. The first-order valence-electron chi connectivity index (χ1n) is 10.1. The Morgan fingerprint density at radius 1 is 0.931 bits per heavy atom. The van der Waals surface area contributed by atoms with Crippen LogP contribution in [-0.2, 0) is 12.6 Å². The van der Waals surface area contributed by atoms with Crippen LogP contribution < -0.4 is 0 Å². The topological polar surface area (TPSA) is 0 Å². The monoisotopic (exact) mass is 395 g/mol. The largest absolute Gasteiger partial charge is 0.417 e. The van der Waals surface area contributed by atoms with Gasteiger partial charge < -0.3 is 0 Å². The van der Waals surface area contributed by atoms with Gasteiger partial charge in [-0.15, -0.1) is 0 Å². The van der Waals surface area contributed by atoms with Gasteiger partial charge >= 0.3 is 6.18 Å². The lowest BCUT2D eigenvalue weighted by atomic mass is 9.84. The molecule has 0 atom stereocenters. The molecule has 0 unspecified atom stereocenters. The Hall–Kier alpha value is -2.55. The van der Waals surface area contributed by atoms with E-state index in [1.807, 2.05) is 26.0 Å². The van der Waals surface area contributed by atoms with Crippen molar-refractivity contribution in [2.45, 2.75) is 52.1 Å². The minimum atomic E-state index is -4.40. The average molecular weight is 395 g/mol. The van der Waals surface area contributed by atoms with Gasteiger partial charge in [-0.2, -0.15) is 13.2 Å². The molecule has 3 heteroatoms. The van der Waals surface area contributed by atoms with Crippen LogP contribution in [0.1, 0.15) is 56.2 Å². The molecular formula is C26H26F3. The summed E-state index contributed by atoms with van der Waals surface area (Å²) in [6, 6.07) is 20.9. The molecule has 0 saturated heterocycles. The predicted molar refractivity (Wildman–Crippen MR) is 114 cm³/mol. The Morgan fingerprint density at radius 2 is 1.69 bits per heavy atom. The van der Waals surface area contributed by atoms with Crippen LogP contribution in [0.15, 0.2) is 60.7 Å². The number of hydrogen-bond acceptors (Lipinski definition) is 0. The summed E-state index contributed by atoms with van der Waals surface area (Å²) >= 11 is 0. The second-order valence-corrected chi connectivity index (χ2v) is 7.68. The lowest BCUT2D eigenvalue weighted by Gasteiger charge is -2.21. The lowest BCUT2D eigenvalue weighted by molar-refractivity contribution is -0.137. The number of aryl methyl sites for hydroxylation is 1. The highest BCUT2D eigenvalue weighted by molar-refractivity contribution is 5.80. The molecule has 1 radical (unpaired) electrons. The van der Waals surface area contributed by atoms with Crippen molar-refractivity contribution >= 4 is 0 Å². The van der Waals surface area contributed by atoms with E-state index in [1.54, 1.807) is 24.3 Å². The Labute approximate surface area is 171 Å². The molecule has 0 nitrogen and oxygen atoms in total. The predicted octanol–water partition coefficient (Wildman–Crippen LogP) is 8.31. The van der Waals surface area contributed by atoms with Crippen LogP contribution in [0, 0.1) is 6.07 Å². The van der Waals surface area contributed by atoms with Gasteiger partial charge in [0.25, 0.3) is 0 Å². The minimum absolute atomic E-state index is 0.0537. The molecule has 0 aliphatic heterocycles. The number of halogens is 3. The molecule has 0 fully saturated rings. The molecular weight excluding hydrogens is 369 g/mol. The minimum Gasteiger partial charge on any atom is -0.166 e. The van der Waals surface area contributed by atoms with E-state index in [0.29, 0.717) is 5.56 Å². The summed E-state index contributed by atoms with van der Waals surface area (Å²) in [5, 5.41) is 0. The van der Waals surface area contributed by atoms with E-state index < -0.39 is 11.7 Å². The first-order valence-corrected chi connectivity index (χ1v) is 10.1. The summed E-state index contributed by atoms with van der Waals surface area (Å²) in [5.74, 6) is 0.0537. The van der Waals surface area contributed by atoms with Gasteiger partial charge in [-0.1, -0.05) is 81.8 Å². The molecule has 0 aliphatic rings. The van der Waals surface area contributed by atoms with E-state index in [0.717, 1.165) is 42.0 Å². The van der Waals surface area contributed by atoms with Crippen LogP contribution in [-0.4, -0.2) is 0 Å². The summed E-state index contributed by atoms with van der Waals surface area (Å²) in [6.07, 6.45) is -1.16. The first-order chi connectivity index (χ1) is 13.8. The van der Waals surface area contributed by atoms with Gasteiger partial charge in [-0.3, -0.25) is 0 Å². The molecule has 0 heterocycles. The van der Waals surface area contributed by atoms with E-state index in [2.05, 4.69) is 25.1 Å². The third kappa shape index (κ3) is 4.72. The van der Waals surface area contributed by atoms with Crippen LogP contribution in [0.25, 0.3) is 22.3 Å². The summed E-state index contributed by atoms with van der Waals surface area (Å²) in [7, 11) is 0. The third-order valence-electron chi connectivity index (χ3n) is 5.17. The molecule has 0 saturated carbocycles. The van der Waals surface area contributed by atoms with Crippen molar-refractivity contribution in [2.24, 2.45) is 0 Å². The van der Waals surface area contributed by atoms with Gasteiger partial charge in [0.2, 0.25) is 0 Å². The third-order valence-corrected chi connectivity index (χ3v) is 5.17. The maximum absolute atomic E-state index is 13.7. The highest BCUT2D eigenvalue weighted by Crippen LogP contribution is 2.42. The summed E-state index contributed by atoms with van der Waals surface area (Å²) in [6.45, 7) is 6.21. The van der Waals surface area contributed by atoms with Crippen LogP contribution in [0.4, 0.5) is 13.2 Å². The van der Waals surface area contributed by atoms with Crippen molar-refractivity contribution < 1.29 is 13.2 Å². The SMILES string of the molecule is CCCCc1cccc(-c2[c]ccc(-c3ccccc3C(F)(F)F)c2C(C)C)c1. The number of alkyl halides is 3. The molecule has 3 rings (SSSR count). The van der Waals surface area contributed by atoms with Crippen LogP contribution in [0.3, 0.4) is 0 Å². The van der Waals surface area contributed by atoms with Crippen molar-refractivity contribution in [3.8, 4) is 22.3 Å². The van der Waals surface area contributed by atoms with Gasteiger partial charge in [0.05, 0.1) is 5.56 Å². The molecule has 29 heavy (non-hydrogen) atoms. The van der Waals surface area contributed by atoms with E-state index in [4.69, 9.17) is 0 Å². The van der Waals surface area contributed by atoms with E-state index in [-0.39, 0.29) is 11.5 Å². The second-order valence-electron chi connectivity index (χ2n) is 7.68. The van der Waals surface area contributed by atoms with Crippen LogP contribution in [0.2, 0.25) is 0 Å². The quantitative estimate of drug-likeness (QED) is 0.394. The average Bonchev–Trinajstić information content (AvgIpc) is 2.71. The van der Waals surface area contributed by atoms with Crippen LogP contribution >= 0.6 is 0 Å². The summed E-state index contributed by atoms with van der Waals surface area (Å²) in [5.41, 5.74) is 4.28. The van der Waals surface area contributed by atoms with Gasteiger partial charge in [0, 0.05) is 0 Å². The van der Waals surface area contributed by atoms with Crippen LogP contribution in [0.5, 0.6) is 0 Å². The fourth-order valence-electron chi connectivity index (χ4n) is 3.81. The van der Waals surface area contributed by atoms with E-state index >= 15 is 0 Å². The lowest BCUT2D eigenvalue weighted by Crippen LogP contribution is -2.08. The molecule has 3 aromatic rings. The Morgan fingerprint density at radius 3 is 2.38 bits per heavy atom. The molecule has 0 N–H and O–H groups in total. The van der Waals surface area contributed by atoms with Gasteiger partial charge in [0.1, 0.15) is 0 Å². The zero-order chi connectivity index (χ0) is 21.0. The van der Waals surface area contributed by atoms with Crippen molar-refractivity contribution in [1.82, 2.24) is 0 Å². The van der Waals surface area contributed by atoms with Crippen molar-refractivity contribution in [3.05, 3.63) is 83.4 Å². The maximum Gasteiger partial charge on any atom is 0.417 e. The zero-order valence-electron chi connectivity index (χ0n) is 17.1. The zero-order valence-corrected chi connectivity index (χ0v) is 17.1. The fourth-order valence-corrected chi connectivity index (χ4v) is 3.81. The van der Waals surface area contributed by atoms with Gasteiger partial charge in [0.15, 0.2) is 0 Å². The van der Waals surface area contributed by atoms with Gasteiger partial charge in [-0.25, -0.2) is 0 Å². The first kappa shape index (κ1) is 21.2. The highest BCUT2D eigenvalue weighted by atomic mass is 19.4. The number of rotatable bonds is 6. The Balaban J connectivity index is 2.20. The fraction of sp³-hybridized carbons (Fsp3) is 0.308. The number of benzene rings is 3. The smallest absolute Gasteiger partial charge is 0.166 e. The van der Waals surface area contributed by atoms with Crippen molar-refractivity contribution in [3.63, 3.8) is 0 Å². The summed E-state index contributed by atoms with van der Waals surface area (Å²) in [4.78, 5) is 0. The second kappa shape index (κ2) is 8.86. The number of hydrogen-bond donors (Lipinski definition) is 0. The standard InChI is InChI=1S/C26H26F3/c1-4-5-10-19-11-8-12-20(17-19)21-14-9-15-23(25(21)18(2)3)22-13-6-7-16-24(22)26(27,28)29/h6-9,11-13,15-18H,4-5,10H2,1-3H3. The normalized spacial score (nSPS) is 11.8. The molecule has 0 bridgehead atoms. The molecule has 0 aromatic heterocycles. The van der Waals surface area contributed by atoms with Gasteiger partial charge in [-0.05, 0) is 64.3 Å². The van der Waals surface area contributed by atoms with Crippen molar-refractivity contribution in [1.29, 1.82) is 0 Å². The van der Waals surface area contributed by atoms with Crippen molar-refractivity contribution in [2.75, 3.05) is 0 Å². The Bertz CT molecular complexity index is 968. The molecule has 0 aliphatic carbocycles. The van der Waals surface area contributed by atoms with E-state index in [9.17, 15) is 13.2 Å².